The molecule has 1 fully saturated rings. The smallest absolute Gasteiger partial charge is 0.228 e. The number of pyridine rings is 2. The van der Waals surface area contributed by atoms with Crippen LogP contribution in [0.3, 0.4) is 0 Å². The van der Waals surface area contributed by atoms with Crippen molar-refractivity contribution in [3.8, 4) is 10.6 Å². The van der Waals surface area contributed by atoms with Crippen LogP contribution in [0.2, 0.25) is 0 Å². The number of anilines is 1. The number of hydrogen-bond acceptors (Lipinski definition) is 7. The maximum absolute atomic E-state index is 12.6. The Balaban J connectivity index is 1.51. The molecule has 0 bridgehead atoms. The molecule has 0 saturated heterocycles. The predicted molar refractivity (Wildman–Crippen MR) is 105 cm³/mol. The molecule has 0 radical (unpaired) electrons. The molecular formula is C19H21N5O2S. The number of amides is 1. The first-order valence-electron chi connectivity index (χ1n) is 9.02. The highest BCUT2D eigenvalue weighted by Crippen LogP contribution is 2.28. The van der Waals surface area contributed by atoms with Crippen molar-refractivity contribution in [3.63, 3.8) is 0 Å². The van der Waals surface area contributed by atoms with Crippen LogP contribution in [0, 0.1) is 12.8 Å². The van der Waals surface area contributed by atoms with E-state index in [1.165, 1.54) is 11.3 Å². The maximum atomic E-state index is 12.6. The third kappa shape index (κ3) is 3.96. The van der Waals surface area contributed by atoms with Crippen LogP contribution in [0.15, 0.2) is 24.5 Å². The molecule has 1 N–H and O–H groups in total. The number of hydrogen-bond donors (Lipinski definition) is 1. The largest absolute Gasteiger partial charge is 0.381 e. The summed E-state index contributed by atoms with van der Waals surface area (Å²) < 4.78 is 5.38. The Hall–Kier alpha value is -2.45. The fourth-order valence-electron chi connectivity index (χ4n) is 3.42. The lowest BCUT2D eigenvalue weighted by molar-refractivity contribution is -0.121. The molecule has 3 aromatic rings. The molecule has 4 rings (SSSR count). The summed E-state index contributed by atoms with van der Waals surface area (Å²) in [5, 5.41) is 13.8. The van der Waals surface area contributed by atoms with Crippen LogP contribution >= 0.6 is 11.3 Å². The molecular weight excluding hydrogens is 362 g/mol. The average Bonchev–Trinajstić information content (AvgIpc) is 3.14. The van der Waals surface area contributed by atoms with Gasteiger partial charge in [-0.05, 0) is 44.7 Å². The number of aryl methyl sites for hydroxylation is 1. The van der Waals surface area contributed by atoms with E-state index in [9.17, 15) is 4.79 Å². The summed E-state index contributed by atoms with van der Waals surface area (Å²) in [5.74, 6) is 0.594. The zero-order chi connectivity index (χ0) is 18.8. The number of ether oxygens (including phenoxy) is 1. The van der Waals surface area contributed by atoms with Gasteiger partial charge >= 0.3 is 0 Å². The Kier molecular flexibility index (Phi) is 5.09. The highest BCUT2D eigenvalue weighted by atomic mass is 32.1. The molecule has 0 aliphatic heterocycles. The molecule has 140 valence electrons. The molecule has 0 unspecified atom stereocenters. The second kappa shape index (κ2) is 7.66. The molecule has 7 nitrogen and oxygen atoms in total. The van der Waals surface area contributed by atoms with Crippen molar-refractivity contribution in [1.29, 1.82) is 0 Å². The SMILES string of the molecule is CO[C@H]1CC[C@@H](C(=O)Nc2cc3cc(-c4nnc(C)s4)cnc3cn2)CC1. The lowest BCUT2D eigenvalue weighted by Crippen LogP contribution is -2.29. The Morgan fingerprint density at radius 2 is 1.96 bits per heavy atom. The highest BCUT2D eigenvalue weighted by Gasteiger charge is 2.26. The van der Waals surface area contributed by atoms with Crippen molar-refractivity contribution in [2.75, 3.05) is 12.4 Å². The minimum atomic E-state index is 0.0164. The summed E-state index contributed by atoms with van der Waals surface area (Å²) in [7, 11) is 1.73. The quantitative estimate of drug-likeness (QED) is 0.740. The second-order valence-electron chi connectivity index (χ2n) is 6.81. The van der Waals surface area contributed by atoms with Crippen LogP contribution in [-0.2, 0) is 9.53 Å². The van der Waals surface area contributed by atoms with Crippen LogP contribution in [0.5, 0.6) is 0 Å². The molecule has 1 aliphatic rings. The third-order valence-electron chi connectivity index (χ3n) is 4.97. The Morgan fingerprint density at radius 1 is 1.15 bits per heavy atom. The van der Waals surface area contributed by atoms with E-state index in [0.717, 1.165) is 52.2 Å². The number of carbonyl (C=O) groups is 1. The van der Waals surface area contributed by atoms with Crippen LogP contribution in [0.1, 0.15) is 30.7 Å². The van der Waals surface area contributed by atoms with Crippen molar-refractivity contribution >= 4 is 34.0 Å². The Bertz CT molecular complexity index is 966. The minimum absolute atomic E-state index is 0.0164. The average molecular weight is 383 g/mol. The van der Waals surface area contributed by atoms with E-state index in [0.29, 0.717) is 5.82 Å². The van der Waals surface area contributed by atoms with Gasteiger partial charge in [0.1, 0.15) is 15.8 Å². The van der Waals surface area contributed by atoms with E-state index in [1.807, 2.05) is 19.1 Å². The first kappa shape index (κ1) is 17.9. The maximum Gasteiger partial charge on any atom is 0.228 e. The van der Waals surface area contributed by atoms with Gasteiger partial charge in [0, 0.05) is 30.2 Å². The van der Waals surface area contributed by atoms with Crippen molar-refractivity contribution in [2.45, 2.75) is 38.7 Å². The van der Waals surface area contributed by atoms with Crippen LogP contribution in [0.4, 0.5) is 5.82 Å². The molecule has 0 atom stereocenters. The van der Waals surface area contributed by atoms with E-state index in [1.54, 1.807) is 19.5 Å². The van der Waals surface area contributed by atoms with Crippen molar-refractivity contribution in [1.82, 2.24) is 20.2 Å². The van der Waals surface area contributed by atoms with E-state index in [2.05, 4.69) is 25.5 Å². The molecule has 3 heterocycles. The number of aromatic nitrogens is 4. The lowest BCUT2D eigenvalue weighted by Gasteiger charge is -2.26. The van der Waals surface area contributed by atoms with Gasteiger partial charge in [-0.1, -0.05) is 11.3 Å². The summed E-state index contributed by atoms with van der Waals surface area (Å²) in [5.41, 5.74) is 1.69. The van der Waals surface area contributed by atoms with Gasteiger partial charge in [0.05, 0.1) is 17.8 Å². The normalized spacial score (nSPS) is 19.9. The first-order chi connectivity index (χ1) is 13.1. The monoisotopic (exact) mass is 383 g/mol. The molecule has 0 aromatic carbocycles. The molecule has 1 aliphatic carbocycles. The van der Waals surface area contributed by atoms with Gasteiger partial charge in [0.15, 0.2) is 0 Å². The van der Waals surface area contributed by atoms with Gasteiger partial charge in [-0.25, -0.2) is 4.98 Å². The Labute approximate surface area is 161 Å². The van der Waals surface area contributed by atoms with Gasteiger partial charge in [-0.15, -0.1) is 10.2 Å². The number of fused-ring (bicyclic) bond motifs is 1. The van der Waals surface area contributed by atoms with Crippen molar-refractivity contribution < 1.29 is 9.53 Å². The van der Waals surface area contributed by atoms with Crippen LogP contribution in [-0.4, -0.2) is 39.3 Å². The van der Waals surface area contributed by atoms with Crippen molar-refractivity contribution in [3.05, 3.63) is 29.5 Å². The number of nitrogens with one attached hydrogen (secondary N) is 1. The number of rotatable bonds is 4. The van der Waals surface area contributed by atoms with Crippen LogP contribution < -0.4 is 5.32 Å². The summed E-state index contributed by atoms with van der Waals surface area (Å²) in [4.78, 5) is 21.3. The molecule has 0 spiro atoms. The zero-order valence-corrected chi connectivity index (χ0v) is 16.1. The van der Waals surface area contributed by atoms with E-state index in [-0.39, 0.29) is 17.9 Å². The molecule has 3 aromatic heterocycles. The predicted octanol–water partition coefficient (Wildman–Crippen LogP) is 3.60. The summed E-state index contributed by atoms with van der Waals surface area (Å²) >= 11 is 1.53. The highest BCUT2D eigenvalue weighted by molar-refractivity contribution is 7.14. The number of carbonyl (C=O) groups excluding carboxylic acids is 1. The van der Waals surface area contributed by atoms with E-state index in [4.69, 9.17) is 4.74 Å². The van der Waals surface area contributed by atoms with E-state index < -0.39 is 0 Å². The molecule has 8 heteroatoms. The van der Waals surface area contributed by atoms with Gasteiger partial charge in [-0.3, -0.25) is 9.78 Å². The van der Waals surface area contributed by atoms with Gasteiger partial charge in [0.2, 0.25) is 5.91 Å². The first-order valence-corrected chi connectivity index (χ1v) is 9.84. The fraction of sp³-hybridized carbons (Fsp3) is 0.421. The third-order valence-corrected chi connectivity index (χ3v) is 5.86. The molecule has 27 heavy (non-hydrogen) atoms. The summed E-state index contributed by atoms with van der Waals surface area (Å²) in [6.45, 7) is 1.92. The Morgan fingerprint density at radius 3 is 2.67 bits per heavy atom. The fourth-order valence-corrected chi connectivity index (χ4v) is 4.09. The summed E-state index contributed by atoms with van der Waals surface area (Å²) in [6.07, 6.45) is 7.28. The standard InChI is InChI=1S/C19H21N5O2S/c1-11-23-24-19(27-11)14-7-13-8-17(21-10-16(13)20-9-14)22-18(25)12-3-5-15(26-2)6-4-12/h7-10,12,15H,3-6H2,1-2H3,(H,21,22,25)/t12-,15+. The van der Waals surface area contributed by atoms with Crippen LogP contribution in [0.25, 0.3) is 21.5 Å². The minimum Gasteiger partial charge on any atom is -0.381 e. The van der Waals surface area contributed by atoms with Gasteiger partial charge < -0.3 is 10.1 Å². The van der Waals surface area contributed by atoms with Gasteiger partial charge in [0.25, 0.3) is 0 Å². The lowest BCUT2D eigenvalue weighted by atomic mass is 9.87. The van der Waals surface area contributed by atoms with Gasteiger partial charge in [-0.2, -0.15) is 0 Å². The second-order valence-corrected chi connectivity index (χ2v) is 7.99. The number of nitrogens with zero attached hydrogens (tertiary/aromatic N) is 4. The topological polar surface area (TPSA) is 89.9 Å². The zero-order valence-electron chi connectivity index (χ0n) is 15.3. The number of methoxy groups -OCH3 is 1. The van der Waals surface area contributed by atoms with Crippen molar-refractivity contribution in [2.24, 2.45) is 5.92 Å². The summed E-state index contributed by atoms with van der Waals surface area (Å²) in [6, 6.07) is 3.86. The molecule has 1 saturated carbocycles. The molecule has 1 amide bonds. The van der Waals surface area contributed by atoms with E-state index >= 15 is 0 Å².